The molecule has 5 nitrogen and oxygen atoms in total. The van der Waals surface area contributed by atoms with Gasteiger partial charge >= 0.3 is 5.97 Å². The molecule has 22 heavy (non-hydrogen) atoms. The number of benzene rings is 1. The number of aromatic nitrogens is 1. The van der Waals surface area contributed by atoms with E-state index in [0.29, 0.717) is 16.3 Å². The molecule has 0 aliphatic carbocycles. The van der Waals surface area contributed by atoms with Crippen LogP contribution in [0.2, 0.25) is 5.02 Å². The summed E-state index contributed by atoms with van der Waals surface area (Å²) in [5.41, 5.74) is -0.190. The van der Waals surface area contributed by atoms with Crippen molar-refractivity contribution in [2.45, 2.75) is 12.3 Å². The van der Waals surface area contributed by atoms with Crippen LogP contribution in [0.15, 0.2) is 42.6 Å². The molecule has 0 radical (unpaired) electrons. The molecule has 0 saturated carbocycles. The Bertz CT molecular complexity index is 697. The Labute approximate surface area is 133 Å². The maximum Gasteiger partial charge on any atom is 0.315 e. The maximum absolute atomic E-state index is 12.2. The van der Waals surface area contributed by atoms with Crippen LogP contribution in [0.1, 0.15) is 23.0 Å². The normalized spacial score (nSPS) is 13.4. The molecule has 1 aromatic heterocycles. The smallest absolute Gasteiger partial charge is 0.315 e. The van der Waals surface area contributed by atoms with Crippen LogP contribution in [0.5, 0.6) is 0 Å². The number of carboxylic acid groups (broad SMARTS) is 1. The Morgan fingerprint density at radius 3 is 2.45 bits per heavy atom. The Morgan fingerprint density at radius 1 is 1.32 bits per heavy atom. The Kier molecular flexibility index (Phi) is 4.56. The van der Waals surface area contributed by atoms with E-state index in [2.05, 4.69) is 5.32 Å². The third kappa shape index (κ3) is 3.14. The van der Waals surface area contributed by atoms with E-state index in [-0.39, 0.29) is 12.5 Å². The van der Waals surface area contributed by atoms with Gasteiger partial charge in [0.2, 0.25) is 0 Å². The molecule has 1 aromatic carbocycles. The average molecular weight is 321 g/mol. The molecule has 6 heteroatoms. The second kappa shape index (κ2) is 6.23. The molecule has 116 valence electrons. The molecule has 0 saturated heterocycles. The lowest BCUT2D eigenvalue weighted by Gasteiger charge is -2.25. The standard InChI is InChI=1S/C16H17ClN2O3/c1-16(15(21)22,11-6-4-3-5-7-11)10-18-14(20)13-8-12(17)9-19(13)2/h3-9H,10H2,1-2H3,(H,18,20)(H,21,22). The van der Waals surface area contributed by atoms with Crippen molar-refractivity contribution in [3.8, 4) is 0 Å². The van der Waals surface area contributed by atoms with Crippen LogP contribution in [-0.2, 0) is 17.3 Å². The van der Waals surface area contributed by atoms with Gasteiger partial charge in [-0.3, -0.25) is 9.59 Å². The van der Waals surface area contributed by atoms with Gasteiger partial charge in [0, 0.05) is 19.8 Å². The van der Waals surface area contributed by atoms with Crippen LogP contribution in [0, 0.1) is 0 Å². The number of aryl methyl sites for hydroxylation is 1. The number of halogens is 1. The number of hydrogen-bond donors (Lipinski definition) is 2. The van der Waals surface area contributed by atoms with E-state index in [1.165, 1.54) is 6.07 Å². The molecule has 0 aliphatic rings. The van der Waals surface area contributed by atoms with Crippen LogP contribution in [0.3, 0.4) is 0 Å². The fourth-order valence-corrected chi connectivity index (χ4v) is 2.45. The first-order valence-electron chi connectivity index (χ1n) is 6.73. The summed E-state index contributed by atoms with van der Waals surface area (Å²) in [5, 5.41) is 12.7. The molecule has 2 N–H and O–H groups in total. The minimum Gasteiger partial charge on any atom is -0.481 e. The van der Waals surface area contributed by atoms with Crippen molar-refractivity contribution < 1.29 is 14.7 Å². The van der Waals surface area contributed by atoms with E-state index in [1.54, 1.807) is 49.0 Å². The van der Waals surface area contributed by atoms with Crippen molar-refractivity contribution >= 4 is 23.5 Å². The number of nitrogens with one attached hydrogen (secondary N) is 1. The van der Waals surface area contributed by atoms with E-state index in [1.807, 2.05) is 6.07 Å². The summed E-state index contributed by atoms with van der Waals surface area (Å²) in [6.45, 7) is 1.57. The Balaban J connectivity index is 2.18. The van der Waals surface area contributed by atoms with Crippen LogP contribution in [-0.4, -0.2) is 28.1 Å². The van der Waals surface area contributed by atoms with Gasteiger partial charge in [0.25, 0.3) is 5.91 Å². The number of aliphatic carboxylic acids is 1. The van der Waals surface area contributed by atoms with E-state index in [4.69, 9.17) is 11.6 Å². The lowest BCUT2D eigenvalue weighted by atomic mass is 9.82. The van der Waals surface area contributed by atoms with Crippen molar-refractivity contribution in [1.29, 1.82) is 0 Å². The van der Waals surface area contributed by atoms with E-state index >= 15 is 0 Å². The Hall–Kier alpha value is -2.27. The fourth-order valence-electron chi connectivity index (χ4n) is 2.20. The number of amides is 1. The fraction of sp³-hybridized carbons (Fsp3) is 0.250. The summed E-state index contributed by atoms with van der Waals surface area (Å²) in [6.07, 6.45) is 1.62. The average Bonchev–Trinajstić information content (AvgIpc) is 2.84. The quantitative estimate of drug-likeness (QED) is 0.889. The van der Waals surface area contributed by atoms with Crippen LogP contribution in [0.4, 0.5) is 0 Å². The number of rotatable bonds is 5. The predicted molar refractivity (Wildman–Crippen MR) is 84.2 cm³/mol. The summed E-state index contributed by atoms with van der Waals surface area (Å²) < 4.78 is 1.60. The molecule has 1 unspecified atom stereocenters. The van der Waals surface area contributed by atoms with Crippen LogP contribution >= 0.6 is 11.6 Å². The first-order chi connectivity index (χ1) is 10.3. The lowest BCUT2D eigenvalue weighted by molar-refractivity contribution is -0.142. The number of carboxylic acids is 1. The molecule has 2 aromatic rings. The van der Waals surface area contributed by atoms with Crippen molar-refractivity contribution in [2.75, 3.05) is 6.54 Å². The van der Waals surface area contributed by atoms with Gasteiger partial charge in [-0.1, -0.05) is 41.9 Å². The van der Waals surface area contributed by atoms with Gasteiger partial charge in [-0.25, -0.2) is 0 Å². The van der Waals surface area contributed by atoms with Gasteiger partial charge in [0.15, 0.2) is 0 Å². The van der Waals surface area contributed by atoms with Crippen molar-refractivity contribution in [2.24, 2.45) is 7.05 Å². The highest BCUT2D eigenvalue weighted by atomic mass is 35.5. The summed E-state index contributed by atoms with van der Waals surface area (Å²) in [7, 11) is 1.70. The summed E-state index contributed by atoms with van der Waals surface area (Å²) in [5.74, 6) is -1.36. The molecule has 2 rings (SSSR count). The first kappa shape index (κ1) is 16.1. The number of carbonyl (C=O) groups is 2. The van der Waals surface area contributed by atoms with Gasteiger partial charge in [0.05, 0.1) is 5.02 Å². The third-order valence-electron chi connectivity index (χ3n) is 3.69. The van der Waals surface area contributed by atoms with Gasteiger partial charge < -0.3 is 15.0 Å². The van der Waals surface area contributed by atoms with E-state index in [9.17, 15) is 14.7 Å². The molecule has 0 fully saturated rings. The second-order valence-corrected chi connectivity index (χ2v) is 5.78. The van der Waals surface area contributed by atoms with Gasteiger partial charge in [-0.2, -0.15) is 0 Å². The predicted octanol–water partition coefficient (Wildman–Crippen LogP) is 2.45. The summed E-state index contributed by atoms with van der Waals surface area (Å²) in [4.78, 5) is 23.9. The Morgan fingerprint density at radius 2 is 1.95 bits per heavy atom. The molecule has 0 spiro atoms. The zero-order valence-electron chi connectivity index (χ0n) is 12.3. The summed E-state index contributed by atoms with van der Waals surface area (Å²) in [6, 6.07) is 10.4. The van der Waals surface area contributed by atoms with Crippen molar-refractivity contribution in [3.63, 3.8) is 0 Å². The lowest BCUT2D eigenvalue weighted by Crippen LogP contribution is -2.44. The topological polar surface area (TPSA) is 71.3 Å². The molecule has 1 atom stereocenters. The molecule has 1 heterocycles. The zero-order valence-corrected chi connectivity index (χ0v) is 13.1. The number of carbonyl (C=O) groups excluding carboxylic acids is 1. The number of nitrogens with zero attached hydrogens (tertiary/aromatic N) is 1. The SMILES string of the molecule is Cn1cc(Cl)cc1C(=O)NCC(C)(C(=O)O)c1ccccc1. The molecule has 0 aliphatic heterocycles. The highest BCUT2D eigenvalue weighted by molar-refractivity contribution is 6.31. The molecular formula is C16H17ClN2O3. The summed E-state index contributed by atoms with van der Waals surface area (Å²) >= 11 is 5.85. The van der Waals surface area contributed by atoms with Crippen molar-refractivity contribution in [1.82, 2.24) is 9.88 Å². The zero-order chi connectivity index (χ0) is 16.3. The largest absolute Gasteiger partial charge is 0.481 e. The number of hydrogen-bond acceptors (Lipinski definition) is 2. The van der Waals surface area contributed by atoms with Crippen LogP contribution in [0.25, 0.3) is 0 Å². The van der Waals surface area contributed by atoms with Gasteiger partial charge in [-0.15, -0.1) is 0 Å². The highest BCUT2D eigenvalue weighted by Crippen LogP contribution is 2.23. The van der Waals surface area contributed by atoms with Gasteiger partial charge in [0.1, 0.15) is 11.1 Å². The maximum atomic E-state index is 12.2. The molecule has 1 amide bonds. The van der Waals surface area contributed by atoms with Gasteiger partial charge in [-0.05, 0) is 18.6 Å². The minimum atomic E-state index is -1.20. The minimum absolute atomic E-state index is 0.0199. The molecular weight excluding hydrogens is 304 g/mol. The van der Waals surface area contributed by atoms with Crippen LogP contribution < -0.4 is 5.32 Å². The monoisotopic (exact) mass is 320 g/mol. The molecule has 0 bridgehead atoms. The second-order valence-electron chi connectivity index (χ2n) is 5.34. The van der Waals surface area contributed by atoms with Crippen molar-refractivity contribution in [3.05, 3.63) is 58.9 Å². The highest BCUT2D eigenvalue weighted by Gasteiger charge is 2.35. The third-order valence-corrected chi connectivity index (χ3v) is 3.90. The van der Waals surface area contributed by atoms with E-state index < -0.39 is 11.4 Å². The first-order valence-corrected chi connectivity index (χ1v) is 7.11. The van der Waals surface area contributed by atoms with E-state index in [0.717, 1.165) is 0 Å².